The molecule has 0 bridgehead atoms. The number of hydrogen-bond donors (Lipinski definition) is 3. The Hall–Kier alpha value is -2.64. The number of esters is 1. The second kappa shape index (κ2) is 12.4. The molecule has 3 N–H and O–H groups in total. The summed E-state index contributed by atoms with van der Waals surface area (Å²) in [4.78, 5) is 39.5. The molecule has 1 heterocycles. The Bertz CT molecular complexity index is 407. The molecular formula is C13H19NO7. The first-order valence-corrected chi connectivity index (χ1v) is 5.88. The van der Waals surface area contributed by atoms with E-state index < -0.39 is 18.4 Å². The molecule has 1 aliphatic rings. The summed E-state index contributed by atoms with van der Waals surface area (Å²) in [5, 5.41) is 18.8. The van der Waals surface area contributed by atoms with Gasteiger partial charge in [-0.25, -0.2) is 4.79 Å². The van der Waals surface area contributed by atoms with E-state index in [-0.39, 0.29) is 17.4 Å². The topological polar surface area (TPSA) is 130 Å². The molecule has 8 heteroatoms. The highest BCUT2D eigenvalue weighted by Gasteiger charge is 2.07. The lowest BCUT2D eigenvalue weighted by Gasteiger charge is -1.91. The maximum absolute atomic E-state index is 10.1. The number of nitrogens with one attached hydrogen (secondary N) is 1. The van der Waals surface area contributed by atoms with Crippen LogP contribution < -0.4 is 5.32 Å². The molecule has 0 radical (unpaired) electrons. The number of carboxylic acid groups (broad SMARTS) is 2. The molecule has 1 saturated heterocycles. The van der Waals surface area contributed by atoms with Crippen LogP contribution in [0.3, 0.4) is 0 Å². The number of carbonyl (C=O) groups is 4. The number of carbonyl (C=O) groups excluding carboxylic acids is 2. The quantitative estimate of drug-likeness (QED) is 0.395. The number of ether oxygens (including phenoxy) is 1. The van der Waals surface area contributed by atoms with Gasteiger partial charge in [-0.1, -0.05) is 13.2 Å². The second-order valence-electron chi connectivity index (χ2n) is 3.71. The molecular weight excluding hydrogens is 282 g/mol. The molecule has 0 spiro atoms. The zero-order chi connectivity index (χ0) is 16.8. The van der Waals surface area contributed by atoms with Crippen LogP contribution in [0.15, 0.2) is 25.0 Å². The van der Waals surface area contributed by atoms with Gasteiger partial charge in [0.25, 0.3) is 0 Å². The van der Waals surface area contributed by atoms with Crippen molar-refractivity contribution in [3.8, 4) is 0 Å². The molecule has 8 nitrogen and oxygen atoms in total. The van der Waals surface area contributed by atoms with E-state index in [1.807, 2.05) is 0 Å². The van der Waals surface area contributed by atoms with E-state index in [1.54, 1.807) is 0 Å². The summed E-state index contributed by atoms with van der Waals surface area (Å²) in [5.41, 5.74) is -0.303. The van der Waals surface area contributed by atoms with Gasteiger partial charge in [0.2, 0.25) is 5.91 Å². The van der Waals surface area contributed by atoms with Gasteiger partial charge in [-0.05, 0) is 6.42 Å². The number of aliphatic carboxylic acids is 2. The van der Waals surface area contributed by atoms with Gasteiger partial charge in [0.15, 0.2) is 0 Å². The van der Waals surface area contributed by atoms with Crippen molar-refractivity contribution < 1.29 is 34.1 Å². The van der Waals surface area contributed by atoms with Crippen molar-refractivity contribution in [2.45, 2.75) is 26.2 Å². The minimum Gasteiger partial charge on any atom is -0.481 e. The number of rotatable bonds is 4. The predicted octanol–water partition coefficient (Wildman–Crippen LogP) is 0.691. The van der Waals surface area contributed by atoms with Crippen LogP contribution in [0.4, 0.5) is 0 Å². The Morgan fingerprint density at radius 2 is 1.95 bits per heavy atom. The van der Waals surface area contributed by atoms with Crippen molar-refractivity contribution in [2.75, 3.05) is 6.54 Å². The number of carboxylic acids is 2. The average Bonchev–Trinajstić information content (AvgIpc) is 2.80. The fourth-order valence-corrected chi connectivity index (χ4v) is 0.941. The highest BCUT2D eigenvalue weighted by Crippen LogP contribution is 1.95. The van der Waals surface area contributed by atoms with E-state index in [0.717, 1.165) is 25.6 Å². The first-order valence-electron chi connectivity index (χ1n) is 5.88. The molecule has 0 aromatic rings. The Morgan fingerprint density at radius 3 is 2.05 bits per heavy atom. The summed E-state index contributed by atoms with van der Waals surface area (Å²) in [7, 11) is 0. The lowest BCUT2D eigenvalue weighted by Crippen LogP contribution is -2.12. The van der Waals surface area contributed by atoms with Crippen molar-refractivity contribution in [3.63, 3.8) is 0 Å². The summed E-state index contributed by atoms with van der Waals surface area (Å²) in [6.07, 6.45) is 2.36. The Kier molecular flexibility index (Phi) is 12.2. The lowest BCUT2D eigenvalue weighted by atomic mass is 10.2. The molecule has 1 rings (SSSR count). The third kappa shape index (κ3) is 17.4. The summed E-state index contributed by atoms with van der Waals surface area (Å²) in [5.74, 6) is -2.57. The fourth-order valence-electron chi connectivity index (χ4n) is 0.941. The fraction of sp³-hybridized carbons (Fsp3) is 0.385. The zero-order valence-electron chi connectivity index (χ0n) is 11.8. The maximum atomic E-state index is 10.1. The highest BCUT2D eigenvalue weighted by molar-refractivity contribution is 5.91. The average molecular weight is 301 g/mol. The van der Waals surface area contributed by atoms with Gasteiger partial charge >= 0.3 is 17.9 Å². The van der Waals surface area contributed by atoms with E-state index in [1.165, 1.54) is 6.92 Å². The monoisotopic (exact) mass is 301 g/mol. The van der Waals surface area contributed by atoms with Crippen LogP contribution >= 0.6 is 0 Å². The molecule has 0 aromatic carbocycles. The van der Waals surface area contributed by atoms with Gasteiger partial charge < -0.3 is 20.3 Å². The summed E-state index contributed by atoms with van der Waals surface area (Å²) in [6.45, 7) is 8.38. The molecule has 0 aromatic heterocycles. The first kappa shape index (κ1) is 20.7. The molecule has 0 atom stereocenters. The summed E-state index contributed by atoms with van der Waals surface area (Å²) in [6, 6.07) is 0. The minimum absolute atomic E-state index is 0.204. The van der Waals surface area contributed by atoms with Crippen molar-refractivity contribution >= 4 is 23.8 Å². The zero-order valence-corrected chi connectivity index (χ0v) is 11.8. The molecule has 0 unspecified atom stereocenters. The van der Waals surface area contributed by atoms with Crippen molar-refractivity contribution in [3.05, 3.63) is 25.0 Å². The first-order chi connectivity index (χ1) is 9.70. The van der Waals surface area contributed by atoms with Gasteiger partial charge in [0.05, 0.1) is 12.7 Å². The molecule has 21 heavy (non-hydrogen) atoms. The van der Waals surface area contributed by atoms with Gasteiger partial charge in [-0.3, -0.25) is 14.4 Å². The Balaban J connectivity index is 0. The highest BCUT2D eigenvalue weighted by atomic mass is 16.5. The molecule has 1 aliphatic heterocycles. The van der Waals surface area contributed by atoms with Crippen molar-refractivity contribution in [1.29, 1.82) is 0 Å². The van der Waals surface area contributed by atoms with Crippen LogP contribution in [0.5, 0.6) is 0 Å². The molecule has 1 amide bonds. The third-order valence-corrected chi connectivity index (χ3v) is 1.82. The minimum atomic E-state index is -1.27. The second-order valence-corrected chi connectivity index (χ2v) is 3.71. The third-order valence-electron chi connectivity index (χ3n) is 1.82. The predicted molar refractivity (Wildman–Crippen MR) is 73.2 cm³/mol. The Morgan fingerprint density at radius 1 is 1.38 bits per heavy atom. The SMILES string of the molecule is C=C(CC(=O)O)C(=O)O.C=COC(C)=O.O=C1CCCN1. The van der Waals surface area contributed by atoms with Crippen LogP contribution in [0.2, 0.25) is 0 Å². The van der Waals surface area contributed by atoms with E-state index >= 15 is 0 Å². The molecule has 0 aliphatic carbocycles. The van der Waals surface area contributed by atoms with Gasteiger partial charge in [-0.2, -0.15) is 0 Å². The van der Waals surface area contributed by atoms with Crippen LogP contribution in [-0.2, 0) is 23.9 Å². The van der Waals surface area contributed by atoms with E-state index in [4.69, 9.17) is 10.2 Å². The maximum Gasteiger partial charge on any atom is 0.331 e. The van der Waals surface area contributed by atoms with E-state index in [0.29, 0.717) is 0 Å². The van der Waals surface area contributed by atoms with E-state index in [2.05, 4.69) is 23.2 Å². The van der Waals surface area contributed by atoms with Crippen LogP contribution in [0, 0.1) is 0 Å². The van der Waals surface area contributed by atoms with Gasteiger partial charge in [0.1, 0.15) is 0 Å². The molecule has 118 valence electrons. The normalized spacial score (nSPS) is 11.6. The standard InChI is InChI=1S/C5H6O4.C4H7NO.C4H6O2/c1-3(5(8)9)2-4(6)7;6-4-2-1-3-5-4;1-3-6-4(2)5/h1-2H2,(H,6,7)(H,8,9);1-3H2,(H,5,6);3H,1H2,2H3. The number of amides is 1. The lowest BCUT2D eigenvalue weighted by molar-refractivity contribution is -0.139. The molecule has 1 fully saturated rings. The summed E-state index contributed by atoms with van der Waals surface area (Å²) < 4.78 is 4.17. The van der Waals surface area contributed by atoms with Crippen LogP contribution in [0.25, 0.3) is 0 Å². The van der Waals surface area contributed by atoms with Gasteiger partial charge in [0, 0.05) is 25.5 Å². The smallest absolute Gasteiger partial charge is 0.331 e. The number of hydrogen-bond acceptors (Lipinski definition) is 5. The molecule has 0 saturated carbocycles. The summed E-state index contributed by atoms with van der Waals surface area (Å²) >= 11 is 0. The Labute approximate surface area is 122 Å². The van der Waals surface area contributed by atoms with Gasteiger partial charge in [-0.15, -0.1) is 0 Å². The largest absolute Gasteiger partial charge is 0.481 e. The van der Waals surface area contributed by atoms with E-state index in [9.17, 15) is 19.2 Å². The van der Waals surface area contributed by atoms with Crippen LogP contribution in [0.1, 0.15) is 26.2 Å². The van der Waals surface area contributed by atoms with Crippen molar-refractivity contribution in [2.24, 2.45) is 0 Å². The van der Waals surface area contributed by atoms with Crippen molar-refractivity contribution in [1.82, 2.24) is 5.32 Å². The van der Waals surface area contributed by atoms with Crippen LogP contribution in [-0.4, -0.2) is 40.6 Å².